The van der Waals surface area contributed by atoms with Gasteiger partial charge in [-0.1, -0.05) is 59.8 Å². The minimum Gasteiger partial charge on any atom is -0.355 e. The van der Waals surface area contributed by atoms with Crippen molar-refractivity contribution in [2.24, 2.45) is 0 Å². The van der Waals surface area contributed by atoms with E-state index in [-0.39, 0.29) is 0 Å². The molecule has 1 aliphatic carbocycles. The zero-order valence-electron chi connectivity index (χ0n) is 17.8. The number of rotatable bonds is 5. The third kappa shape index (κ3) is 3.35. The topological polar surface area (TPSA) is 6.48 Å². The quantitative estimate of drug-likeness (QED) is 0.586. The van der Waals surface area contributed by atoms with Crippen LogP contribution in [0.25, 0.3) is 5.70 Å². The monoisotopic (exact) mass is 362 g/mol. The summed E-state index contributed by atoms with van der Waals surface area (Å²) in [6, 6.07) is 5.69. The highest BCUT2D eigenvalue weighted by Gasteiger charge is 2.35. The summed E-state index contributed by atoms with van der Waals surface area (Å²) in [5.74, 6) is 1.58. The average molecular weight is 363 g/mol. The highest BCUT2D eigenvalue weighted by atomic mass is 15.4. The first-order chi connectivity index (χ1) is 12.9. The van der Waals surface area contributed by atoms with Crippen molar-refractivity contribution in [3.05, 3.63) is 64.5 Å². The molecule has 0 radical (unpaired) electrons. The normalized spacial score (nSPS) is 19.3. The van der Waals surface area contributed by atoms with Gasteiger partial charge in [0, 0.05) is 17.8 Å². The largest absolute Gasteiger partial charge is 0.355 e. The molecule has 0 spiro atoms. The predicted molar refractivity (Wildman–Crippen MR) is 115 cm³/mol. The maximum absolute atomic E-state index is 2.53. The van der Waals surface area contributed by atoms with E-state index in [0.717, 1.165) is 12.7 Å². The Kier molecular flexibility index (Phi) is 4.70. The van der Waals surface area contributed by atoms with Crippen LogP contribution in [-0.4, -0.2) is 22.5 Å². The molecule has 0 N–H and O–H groups in total. The summed E-state index contributed by atoms with van der Waals surface area (Å²) in [7, 11) is 0. The van der Waals surface area contributed by atoms with Crippen molar-refractivity contribution in [2.75, 3.05) is 6.67 Å². The molecule has 1 aromatic carbocycles. The zero-order chi connectivity index (χ0) is 19.3. The lowest BCUT2D eigenvalue weighted by Gasteiger charge is -2.32. The van der Waals surface area contributed by atoms with E-state index < -0.39 is 0 Å². The Morgan fingerprint density at radius 2 is 1.52 bits per heavy atom. The lowest BCUT2D eigenvalue weighted by atomic mass is 9.82. The van der Waals surface area contributed by atoms with Crippen LogP contribution >= 0.6 is 0 Å². The van der Waals surface area contributed by atoms with Gasteiger partial charge in [-0.3, -0.25) is 0 Å². The molecule has 27 heavy (non-hydrogen) atoms. The number of allylic oxidation sites excluding steroid dienone is 3. The molecule has 0 saturated heterocycles. The van der Waals surface area contributed by atoms with Crippen molar-refractivity contribution in [2.45, 2.75) is 78.2 Å². The van der Waals surface area contributed by atoms with Crippen LogP contribution in [-0.2, 0) is 0 Å². The molecule has 1 saturated carbocycles. The van der Waals surface area contributed by atoms with Gasteiger partial charge in [0.15, 0.2) is 0 Å². The van der Waals surface area contributed by atoms with Crippen molar-refractivity contribution in [1.29, 1.82) is 0 Å². The molecule has 2 heteroatoms. The van der Waals surface area contributed by atoms with E-state index in [2.05, 4.69) is 87.9 Å². The number of benzene rings is 1. The van der Waals surface area contributed by atoms with Crippen molar-refractivity contribution >= 4 is 5.70 Å². The second-order valence-corrected chi connectivity index (χ2v) is 9.32. The Labute approximate surface area is 165 Å². The summed E-state index contributed by atoms with van der Waals surface area (Å²) in [6.45, 7) is 15.0. The molecule has 2 aliphatic heterocycles. The number of fused-ring (bicyclic) bond motifs is 1. The maximum atomic E-state index is 2.53. The lowest BCUT2D eigenvalue weighted by molar-refractivity contribution is 0.310. The van der Waals surface area contributed by atoms with E-state index in [4.69, 9.17) is 0 Å². The molecule has 0 bridgehead atoms. The molecule has 0 unspecified atom stereocenters. The maximum Gasteiger partial charge on any atom is 0.0950 e. The fourth-order valence-electron chi connectivity index (χ4n) is 4.30. The van der Waals surface area contributed by atoms with Crippen LogP contribution in [0.3, 0.4) is 0 Å². The number of hydrogen-bond acceptors (Lipinski definition) is 2. The molecule has 2 heterocycles. The van der Waals surface area contributed by atoms with Gasteiger partial charge in [-0.25, -0.2) is 0 Å². The fraction of sp³-hybridized carbons (Fsp3) is 0.520. The molecule has 3 aliphatic rings. The first-order valence-electron chi connectivity index (χ1n) is 10.7. The molecule has 4 rings (SSSR count). The van der Waals surface area contributed by atoms with Gasteiger partial charge in [0.2, 0.25) is 0 Å². The van der Waals surface area contributed by atoms with Gasteiger partial charge < -0.3 is 9.80 Å². The molecule has 144 valence electrons. The van der Waals surface area contributed by atoms with E-state index in [1.807, 2.05) is 0 Å². The third-order valence-corrected chi connectivity index (χ3v) is 6.13. The van der Waals surface area contributed by atoms with Gasteiger partial charge in [0.05, 0.1) is 18.1 Å². The second kappa shape index (κ2) is 6.89. The second-order valence-electron chi connectivity index (χ2n) is 9.32. The van der Waals surface area contributed by atoms with E-state index >= 15 is 0 Å². The molecule has 1 fully saturated rings. The SMILES string of the molecule is CC(C)c1cc(C(C)C)c(C2=CC=CC3=CN(C4CC4)CN32)c(C(C)C)c1. The van der Waals surface area contributed by atoms with Gasteiger partial charge in [-0.15, -0.1) is 0 Å². The Morgan fingerprint density at radius 1 is 0.889 bits per heavy atom. The Balaban J connectivity index is 1.84. The van der Waals surface area contributed by atoms with Crippen LogP contribution in [0.1, 0.15) is 94.4 Å². The number of hydrogen-bond donors (Lipinski definition) is 0. The van der Waals surface area contributed by atoms with Gasteiger partial charge >= 0.3 is 0 Å². The minimum atomic E-state index is 0.512. The Morgan fingerprint density at radius 3 is 2.04 bits per heavy atom. The average Bonchev–Trinajstić information content (AvgIpc) is 3.38. The van der Waals surface area contributed by atoms with Crippen LogP contribution in [0.4, 0.5) is 0 Å². The van der Waals surface area contributed by atoms with Gasteiger partial charge in [0.1, 0.15) is 0 Å². The van der Waals surface area contributed by atoms with Gasteiger partial charge in [0.25, 0.3) is 0 Å². The Bertz CT molecular complexity index is 790. The molecular weight excluding hydrogens is 328 g/mol. The summed E-state index contributed by atoms with van der Waals surface area (Å²) >= 11 is 0. The van der Waals surface area contributed by atoms with Crippen molar-refractivity contribution < 1.29 is 0 Å². The van der Waals surface area contributed by atoms with Gasteiger partial charge in [-0.05, 0) is 59.4 Å². The molecule has 0 aromatic heterocycles. The predicted octanol–water partition coefficient (Wildman–Crippen LogP) is 6.55. The Hall–Kier alpha value is -1.96. The molecule has 0 atom stereocenters. The highest BCUT2D eigenvalue weighted by molar-refractivity contribution is 5.76. The molecule has 1 aromatic rings. The van der Waals surface area contributed by atoms with Crippen LogP contribution in [0.5, 0.6) is 0 Å². The fourth-order valence-corrected chi connectivity index (χ4v) is 4.30. The van der Waals surface area contributed by atoms with E-state index in [0.29, 0.717) is 17.8 Å². The summed E-state index contributed by atoms with van der Waals surface area (Å²) in [5.41, 5.74) is 8.66. The summed E-state index contributed by atoms with van der Waals surface area (Å²) < 4.78 is 0. The van der Waals surface area contributed by atoms with Crippen molar-refractivity contribution in [1.82, 2.24) is 9.80 Å². The van der Waals surface area contributed by atoms with Crippen LogP contribution in [0, 0.1) is 0 Å². The standard InChI is InChI=1S/C25H34N2/c1-16(2)19-12-22(17(3)4)25(23(13-19)18(5)6)24-9-7-8-21-14-26(15-27(21)24)20-10-11-20/h7-9,12-14,16-18,20H,10-11,15H2,1-6H3. The smallest absolute Gasteiger partial charge is 0.0950 e. The summed E-state index contributed by atoms with van der Waals surface area (Å²) in [5, 5.41) is 0. The first kappa shape index (κ1) is 18.4. The van der Waals surface area contributed by atoms with Gasteiger partial charge in [-0.2, -0.15) is 0 Å². The molecular formula is C25H34N2. The molecule has 2 nitrogen and oxygen atoms in total. The lowest BCUT2D eigenvalue weighted by Crippen LogP contribution is -2.28. The third-order valence-electron chi connectivity index (χ3n) is 6.13. The minimum absolute atomic E-state index is 0.512. The van der Waals surface area contributed by atoms with E-state index in [1.54, 1.807) is 0 Å². The summed E-state index contributed by atoms with van der Waals surface area (Å²) in [4.78, 5) is 5.06. The highest BCUT2D eigenvalue weighted by Crippen LogP contribution is 2.42. The van der Waals surface area contributed by atoms with Crippen molar-refractivity contribution in [3.63, 3.8) is 0 Å². The van der Waals surface area contributed by atoms with Crippen molar-refractivity contribution in [3.8, 4) is 0 Å². The van der Waals surface area contributed by atoms with Crippen LogP contribution < -0.4 is 0 Å². The first-order valence-corrected chi connectivity index (χ1v) is 10.7. The van der Waals surface area contributed by atoms with Crippen LogP contribution in [0.2, 0.25) is 0 Å². The zero-order valence-corrected chi connectivity index (χ0v) is 17.8. The number of nitrogens with zero attached hydrogens (tertiary/aromatic N) is 2. The van der Waals surface area contributed by atoms with E-state index in [1.165, 1.54) is 46.5 Å². The van der Waals surface area contributed by atoms with E-state index in [9.17, 15) is 0 Å². The molecule has 0 amide bonds. The summed E-state index contributed by atoms with van der Waals surface area (Å²) in [6.07, 6.45) is 11.9. The van der Waals surface area contributed by atoms with Crippen LogP contribution in [0.15, 0.2) is 42.3 Å².